The third-order valence-electron chi connectivity index (χ3n) is 11.8. The summed E-state index contributed by atoms with van der Waals surface area (Å²) in [4.78, 5) is 62.8. The van der Waals surface area contributed by atoms with Crippen LogP contribution in [0.2, 0.25) is 5.02 Å². The minimum atomic E-state index is -3.93. The predicted octanol–water partition coefficient (Wildman–Crippen LogP) is 6.11. The van der Waals surface area contributed by atoms with E-state index in [0.717, 1.165) is 5.56 Å². The molecular formula is C46H53ClN6O8S. The number of halogens is 1. The number of benzene rings is 3. The topological polar surface area (TPSA) is 185 Å². The smallest absolute Gasteiger partial charge is 0.259 e. The van der Waals surface area contributed by atoms with E-state index >= 15 is 4.79 Å². The molecule has 3 aliphatic rings. The first kappa shape index (κ1) is 44.4. The lowest BCUT2D eigenvalue weighted by Crippen LogP contribution is -2.58. The van der Waals surface area contributed by atoms with Gasteiger partial charge in [-0.2, -0.15) is 0 Å². The number of anilines is 1. The van der Waals surface area contributed by atoms with E-state index in [1.807, 2.05) is 65.0 Å². The highest BCUT2D eigenvalue weighted by Crippen LogP contribution is 2.46. The van der Waals surface area contributed by atoms with Gasteiger partial charge in [0.15, 0.2) is 0 Å². The maximum absolute atomic E-state index is 15.0. The van der Waals surface area contributed by atoms with Gasteiger partial charge < -0.3 is 30.3 Å². The summed E-state index contributed by atoms with van der Waals surface area (Å²) < 4.78 is 39.9. The first-order valence-electron chi connectivity index (χ1n) is 20.6. The van der Waals surface area contributed by atoms with E-state index in [-0.39, 0.29) is 31.2 Å². The summed E-state index contributed by atoms with van der Waals surface area (Å²) in [6.07, 6.45) is 3.31. The number of nitrogens with zero attached hydrogens (tertiary/aromatic N) is 2. The average molecular weight is 885 g/mol. The largest absolute Gasteiger partial charge is 0.494 e. The maximum atomic E-state index is 15.0. The van der Waals surface area contributed by atoms with Crippen molar-refractivity contribution in [3.63, 3.8) is 0 Å². The van der Waals surface area contributed by atoms with Crippen LogP contribution in [-0.2, 0) is 29.9 Å². The van der Waals surface area contributed by atoms with Gasteiger partial charge in [0.05, 0.1) is 30.6 Å². The highest BCUT2D eigenvalue weighted by molar-refractivity contribution is 7.91. The van der Waals surface area contributed by atoms with Crippen molar-refractivity contribution < 1.29 is 37.1 Å². The molecule has 62 heavy (non-hydrogen) atoms. The molecule has 7 rings (SSSR count). The zero-order valence-electron chi connectivity index (χ0n) is 35.7. The number of nitrogens with one attached hydrogen (secondary N) is 4. The molecule has 1 aromatic heterocycles. The van der Waals surface area contributed by atoms with Gasteiger partial charge in [-0.25, -0.2) is 13.4 Å². The van der Waals surface area contributed by atoms with Crippen LogP contribution in [-0.4, -0.2) is 84.6 Å². The number of hydrogen-bond acceptors (Lipinski definition) is 10. The first-order valence-corrected chi connectivity index (χ1v) is 22.5. The molecule has 3 fully saturated rings. The Morgan fingerprint density at radius 1 is 0.984 bits per heavy atom. The Bertz CT molecular complexity index is 2530. The summed E-state index contributed by atoms with van der Waals surface area (Å²) >= 11 is 6.40. The molecule has 4 amide bonds. The Balaban J connectivity index is 1.18. The number of pyridine rings is 1. The van der Waals surface area contributed by atoms with Crippen molar-refractivity contribution in [1.82, 2.24) is 25.2 Å². The molecule has 2 saturated carbocycles. The Morgan fingerprint density at radius 2 is 1.71 bits per heavy atom. The number of fused-ring (bicyclic) bond motifs is 1. The second kappa shape index (κ2) is 16.9. The molecule has 14 nitrogen and oxygen atoms in total. The minimum Gasteiger partial charge on any atom is -0.494 e. The molecule has 0 radical (unpaired) electrons. The van der Waals surface area contributed by atoms with Crippen molar-refractivity contribution in [3.8, 4) is 11.6 Å². The van der Waals surface area contributed by atoms with Gasteiger partial charge in [-0.15, -0.1) is 6.58 Å². The molecule has 2 heterocycles. The zero-order valence-corrected chi connectivity index (χ0v) is 37.2. The second-order valence-corrected chi connectivity index (χ2v) is 20.4. The predicted molar refractivity (Wildman–Crippen MR) is 237 cm³/mol. The van der Waals surface area contributed by atoms with Gasteiger partial charge in [0.1, 0.15) is 29.5 Å². The van der Waals surface area contributed by atoms with Crippen LogP contribution >= 0.6 is 11.6 Å². The molecule has 1 saturated heterocycles. The van der Waals surface area contributed by atoms with E-state index in [2.05, 4.69) is 32.2 Å². The number of likely N-dealkylation sites (tertiary alicyclic amines) is 1. The number of ether oxygens (including phenoxy) is 2. The van der Waals surface area contributed by atoms with Crippen LogP contribution < -0.4 is 30.1 Å². The van der Waals surface area contributed by atoms with Crippen molar-refractivity contribution in [1.29, 1.82) is 0 Å². The van der Waals surface area contributed by atoms with Crippen molar-refractivity contribution in [3.05, 3.63) is 108 Å². The number of carbonyl (C=O) groups is 4. The van der Waals surface area contributed by atoms with E-state index in [4.69, 9.17) is 21.1 Å². The Hall–Kier alpha value is -5.67. The number of amides is 4. The van der Waals surface area contributed by atoms with E-state index in [1.165, 1.54) is 24.3 Å². The normalized spacial score (nSPS) is 21.7. The van der Waals surface area contributed by atoms with Crippen molar-refractivity contribution in [2.75, 3.05) is 19.0 Å². The summed E-state index contributed by atoms with van der Waals surface area (Å²) in [5, 5.41) is 10.3. The maximum Gasteiger partial charge on any atom is 0.259 e. The average Bonchev–Trinajstić information content (AvgIpc) is 4.16. The van der Waals surface area contributed by atoms with Gasteiger partial charge in [-0.05, 0) is 80.5 Å². The molecule has 5 atom stereocenters. The summed E-state index contributed by atoms with van der Waals surface area (Å²) in [5.41, 5.74) is -1.18. The van der Waals surface area contributed by atoms with E-state index in [1.54, 1.807) is 42.5 Å². The number of sulfonamides is 1. The van der Waals surface area contributed by atoms with Crippen LogP contribution in [0.4, 0.5) is 5.69 Å². The standard InChI is InChI=1S/C46H53ClN6O8S/c1-8-28-24-46(28,43(57)52-62(58,59)33-18-19-33)51-40(55)36-23-32(61-41-35-22-30(47)17-20-34(35)37(60-7)25-48-41)26-53(36)42(56)38(44(2,3)4)49-31-16-12-13-27(21-31)39(54)50-45(5,6)29-14-10-9-11-15-29/h8-17,20-22,25,28,32-33,36,38,49H,1,18-19,23-24,26H2,2-7H3,(H,50,54)(H,51,55)(H,52,57)/t28-,32-,36+,38+,46-/m1/s1. The molecule has 16 heteroatoms. The molecule has 4 aromatic rings. The summed E-state index contributed by atoms with van der Waals surface area (Å²) in [5.74, 6) is -2.07. The van der Waals surface area contributed by atoms with Crippen molar-refractivity contribution in [2.45, 2.75) is 94.8 Å². The number of rotatable bonds is 15. The Morgan fingerprint density at radius 3 is 2.35 bits per heavy atom. The molecule has 328 valence electrons. The first-order chi connectivity index (χ1) is 29.3. The fraction of sp³-hybridized carbons (Fsp3) is 0.413. The third kappa shape index (κ3) is 9.24. The Kier molecular flexibility index (Phi) is 12.1. The molecule has 4 N–H and O–H groups in total. The van der Waals surface area contributed by atoms with Crippen LogP contribution in [0.5, 0.6) is 11.6 Å². The number of aromatic nitrogens is 1. The lowest BCUT2D eigenvalue weighted by atomic mass is 9.85. The van der Waals surface area contributed by atoms with Gasteiger partial charge in [0, 0.05) is 39.4 Å². The SMILES string of the molecule is C=C[C@@H]1C[C@]1(NC(=O)[C@@H]1C[C@@H](Oc2ncc(OC)c3ccc(Cl)cc23)CN1C(=O)[C@H](Nc1cccc(C(=O)NC(C)(C)c2ccccc2)c1)C(C)(C)C)C(=O)NS(=O)(=O)C1CC1. The summed E-state index contributed by atoms with van der Waals surface area (Å²) in [7, 11) is -2.40. The van der Waals surface area contributed by atoms with Crippen LogP contribution in [0, 0.1) is 11.3 Å². The lowest BCUT2D eigenvalue weighted by molar-refractivity contribution is -0.141. The van der Waals surface area contributed by atoms with Gasteiger partial charge in [0.2, 0.25) is 27.7 Å². The molecule has 0 bridgehead atoms. The third-order valence-corrected chi connectivity index (χ3v) is 13.9. The van der Waals surface area contributed by atoms with Gasteiger partial charge in [-0.3, -0.25) is 23.9 Å². The van der Waals surface area contributed by atoms with Crippen LogP contribution in [0.1, 0.15) is 76.2 Å². The van der Waals surface area contributed by atoms with E-state index in [9.17, 15) is 22.8 Å². The molecular weight excluding hydrogens is 832 g/mol. The van der Waals surface area contributed by atoms with Crippen LogP contribution in [0.3, 0.4) is 0 Å². The zero-order chi connectivity index (χ0) is 44.8. The quantitative estimate of drug-likeness (QED) is 0.102. The number of methoxy groups -OCH3 is 1. The highest BCUT2D eigenvalue weighted by atomic mass is 35.5. The summed E-state index contributed by atoms with van der Waals surface area (Å²) in [6.45, 7) is 13.3. The number of carbonyl (C=O) groups excluding carboxylic acids is 4. The fourth-order valence-corrected chi connectivity index (χ4v) is 9.52. The van der Waals surface area contributed by atoms with Crippen molar-refractivity contribution >= 4 is 61.7 Å². The van der Waals surface area contributed by atoms with Gasteiger partial charge in [-0.1, -0.05) is 74.8 Å². The van der Waals surface area contributed by atoms with E-state index < -0.39 is 73.6 Å². The van der Waals surface area contributed by atoms with E-state index in [0.29, 0.717) is 45.6 Å². The highest BCUT2D eigenvalue weighted by Gasteiger charge is 2.62. The van der Waals surface area contributed by atoms with Crippen LogP contribution in [0.15, 0.2) is 91.6 Å². The molecule has 1 aliphatic heterocycles. The molecule has 0 spiro atoms. The molecule has 0 unspecified atom stereocenters. The number of hydrogen-bond donors (Lipinski definition) is 4. The monoisotopic (exact) mass is 884 g/mol. The second-order valence-electron chi connectivity index (χ2n) is 18.0. The molecule has 2 aliphatic carbocycles. The lowest BCUT2D eigenvalue weighted by Gasteiger charge is -2.36. The summed E-state index contributed by atoms with van der Waals surface area (Å²) in [6, 6.07) is 19.6. The van der Waals surface area contributed by atoms with Gasteiger partial charge in [0.25, 0.3) is 11.8 Å². The molecule has 3 aromatic carbocycles. The Labute approximate surface area is 367 Å². The fourth-order valence-electron chi connectivity index (χ4n) is 7.99. The minimum absolute atomic E-state index is 0.00783. The van der Waals surface area contributed by atoms with Crippen molar-refractivity contribution in [2.24, 2.45) is 11.3 Å². The van der Waals surface area contributed by atoms with Crippen LogP contribution in [0.25, 0.3) is 10.8 Å². The van der Waals surface area contributed by atoms with Gasteiger partial charge >= 0.3 is 0 Å².